The first-order valence-corrected chi connectivity index (χ1v) is 8.90. The Labute approximate surface area is 161 Å². The number of aryl methyl sites for hydroxylation is 1. The Bertz CT molecular complexity index is 1080. The van der Waals surface area contributed by atoms with Gasteiger partial charge >= 0.3 is 0 Å². The predicted molar refractivity (Wildman–Crippen MR) is 101 cm³/mol. The number of fused-ring (bicyclic) bond motifs is 2. The van der Waals surface area contributed by atoms with Crippen LogP contribution in [0.15, 0.2) is 36.7 Å². The van der Waals surface area contributed by atoms with E-state index in [0.29, 0.717) is 29.5 Å². The topological polar surface area (TPSA) is 87.5 Å². The van der Waals surface area contributed by atoms with Crippen LogP contribution in [0, 0.1) is 0 Å². The van der Waals surface area contributed by atoms with Crippen molar-refractivity contribution in [2.45, 2.75) is 12.3 Å². The van der Waals surface area contributed by atoms with Gasteiger partial charge in [0.05, 0.1) is 12.8 Å². The number of aromatic nitrogens is 3. The highest BCUT2D eigenvalue weighted by Gasteiger charge is 2.35. The van der Waals surface area contributed by atoms with E-state index in [-0.39, 0.29) is 18.6 Å². The van der Waals surface area contributed by atoms with Gasteiger partial charge in [-0.25, -0.2) is 0 Å². The highest BCUT2D eigenvalue weighted by molar-refractivity contribution is 5.96. The average molecular weight is 378 g/mol. The summed E-state index contributed by atoms with van der Waals surface area (Å²) in [5.74, 6) is 2.23. The normalized spacial score (nSPS) is 17.2. The second-order valence-corrected chi connectivity index (χ2v) is 6.74. The van der Waals surface area contributed by atoms with Crippen LogP contribution < -0.4 is 19.5 Å². The van der Waals surface area contributed by atoms with Crippen molar-refractivity contribution in [2.24, 2.45) is 7.05 Å². The van der Waals surface area contributed by atoms with Gasteiger partial charge in [0.15, 0.2) is 11.5 Å². The summed E-state index contributed by atoms with van der Waals surface area (Å²) in [5.41, 5.74) is 3.56. The third kappa shape index (κ3) is 2.49. The molecule has 0 aliphatic carbocycles. The van der Waals surface area contributed by atoms with Crippen LogP contribution in [-0.4, -0.2) is 34.6 Å². The van der Waals surface area contributed by atoms with Crippen LogP contribution >= 0.6 is 0 Å². The molecule has 0 fully saturated rings. The Balaban J connectivity index is 1.71. The molecule has 2 aromatic heterocycles. The lowest BCUT2D eigenvalue weighted by molar-refractivity contribution is -0.116. The van der Waals surface area contributed by atoms with Crippen LogP contribution in [0.1, 0.15) is 23.5 Å². The van der Waals surface area contributed by atoms with Crippen LogP contribution in [0.5, 0.6) is 17.2 Å². The van der Waals surface area contributed by atoms with Crippen LogP contribution in [0.25, 0.3) is 11.3 Å². The van der Waals surface area contributed by atoms with Gasteiger partial charge in [0.1, 0.15) is 5.82 Å². The van der Waals surface area contributed by atoms with Gasteiger partial charge in [-0.15, -0.1) is 0 Å². The van der Waals surface area contributed by atoms with E-state index in [1.54, 1.807) is 24.2 Å². The van der Waals surface area contributed by atoms with Gasteiger partial charge in [-0.2, -0.15) is 5.10 Å². The van der Waals surface area contributed by atoms with E-state index in [2.05, 4.69) is 15.4 Å². The summed E-state index contributed by atoms with van der Waals surface area (Å²) < 4.78 is 18.3. The maximum atomic E-state index is 12.4. The number of carbonyl (C=O) groups is 1. The van der Waals surface area contributed by atoms with E-state index in [1.807, 2.05) is 31.3 Å². The lowest BCUT2D eigenvalue weighted by atomic mass is 9.84. The number of hydrogen-bond acceptors (Lipinski definition) is 6. The van der Waals surface area contributed by atoms with Crippen LogP contribution in [0.2, 0.25) is 0 Å². The van der Waals surface area contributed by atoms with Gasteiger partial charge in [-0.1, -0.05) is 0 Å². The highest BCUT2D eigenvalue weighted by Crippen LogP contribution is 2.48. The molecule has 0 radical (unpaired) electrons. The maximum Gasteiger partial charge on any atom is 0.231 e. The van der Waals surface area contributed by atoms with Gasteiger partial charge in [0.2, 0.25) is 18.4 Å². The molecule has 8 heteroatoms. The maximum absolute atomic E-state index is 12.4. The summed E-state index contributed by atoms with van der Waals surface area (Å²) in [4.78, 5) is 16.7. The smallest absolute Gasteiger partial charge is 0.231 e. The molecule has 8 nitrogen and oxygen atoms in total. The molecule has 1 atom stereocenters. The Morgan fingerprint density at radius 3 is 3.00 bits per heavy atom. The fourth-order valence-corrected chi connectivity index (χ4v) is 3.84. The first-order valence-electron chi connectivity index (χ1n) is 8.90. The van der Waals surface area contributed by atoms with Crippen LogP contribution in [-0.2, 0) is 11.8 Å². The molecule has 0 bridgehead atoms. The van der Waals surface area contributed by atoms with Gasteiger partial charge in [-0.05, 0) is 29.8 Å². The third-order valence-corrected chi connectivity index (χ3v) is 5.10. The molecule has 0 saturated heterocycles. The van der Waals surface area contributed by atoms with Crippen molar-refractivity contribution in [3.8, 4) is 28.5 Å². The number of pyridine rings is 1. The van der Waals surface area contributed by atoms with Crippen LogP contribution in [0.4, 0.5) is 5.82 Å². The largest absolute Gasteiger partial charge is 0.493 e. The molecule has 2 aliphatic rings. The Morgan fingerprint density at radius 2 is 2.21 bits per heavy atom. The van der Waals surface area contributed by atoms with Crippen molar-refractivity contribution in [1.29, 1.82) is 0 Å². The molecule has 4 heterocycles. The van der Waals surface area contributed by atoms with Crippen molar-refractivity contribution in [3.63, 3.8) is 0 Å². The van der Waals surface area contributed by atoms with E-state index < -0.39 is 0 Å². The van der Waals surface area contributed by atoms with Crippen molar-refractivity contribution in [1.82, 2.24) is 14.8 Å². The van der Waals surface area contributed by atoms with E-state index in [0.717, 1.165) is 22.4 Å². The van der Waals surface area contributed by atoms with E-state index in [9.17, 15) is 4.79 Å². The number of carbonyl (C=O) groups excluding carboxylic acids is 1. The molecule has 3 aromatic rings. The Hall–Kier alpha value is -3.55. The molecule has 2 aliphatic heterocycles. The van der Waals surface area contributed by atoms with Gasteiger partial charge in [0, 0.05) is 42.9 Å². The molecule has 1 unspecified atom stereocenters. The van der Waals surface area contributed by atoms with Crippen LogP contribution in [0.3, 0.4) is 0 Å². The lowest BCUT2D eigenvalue weighted by Crippen LogP contribution is -2.24. The highest BCUT2D eigenvalue weighted by atomic mass is 16.7. The zero-order valence-corrected chi connectivity index (χ0v) is 15.4. The van der Waals surface area contributed by atoms with E-state index in [1.165, 1.54) is 0 Å². The molecule has 1 amide bonds. The number of methoxy groups -OCH3 is 1. The molecule has 28 heavy (non-hydrogen) atoms. The number of anilines is 1. The summed E-state index contributed by atoms with van der Waals surface area (Å²) in [5, 5.41) is 7.62. The Kier molecular flexibility index (Phi) is 3.71. The summed E-state index contributed by atoms with van der Waals surface area (Å²) in [6.07, 6.45) is 3.80. The monoisotopic (exact) mass is 378 g/mol. The zero-order valence-electron chi connectivity index (χ0n) is 15.4. The number of hydrogen-bond donors (Lipinski definition) is 1. The quantitative estimate of drug-likeness (QED) is 0.754. The van der Waals surface area contributed by atoms with Crippen molar-refractivity contribution in [3.05, 3.63) is 47.8 Å². The molecule has 142 valence electrons. The summed E-state index contributed by atoms with van der Waals surface area (Å²) in [7, 11) is 3.41. The standard InChI is InChI=1S/C20H18N4O4/c1-24-20-17(18(23-24)11-4-3-5-21-9-11)13(8-16(25)22-20)12-6-14(26-2)19-15(7-12)27-10-28-19/h3-7,9,13H,8,10H2,1-2H3,(H,22,25). The van der Waals surface area contributed by atoms with Gasteiger partial charge in [0.25, 0.3) is 0 Å². The van der Waals surface area contributed by atoms with Crippen molar-refractivity contribution in [2.75, 3.05) is 19.2 Å². The Morgan fingerprint density at radius 1 is 1.32 bits per heavy atom. The number of ether oxygens (including phenoxy) is 3. The number of benzene rings is 1. The predicted octanol–water partition coefficient (Wildman–Crippen LogP) is 2.69. The molecule has 1 aromatic carbocycles. The summed E-state index contributed by atoms with van der Waals surface area (Å²) >= 11 is 0. The lowest BCUT2D eigenvalue weighted by Gasteiger charge is -2.25. The fourth-order valence-electron chi connectivity index (χ4n) is 3.84. The van der Waals surface area contributed by atoms with Gasteiger partial charge < -0.3 is 19.5 Å². The summed E-state index contributed by atoms with van der Waals surface area (Å²) in [6, 6.07) is 7.65. The molecule has 1 N–H and O–H groups in total. The number of nitrogens with zero attached hydrogens (tertiary/aromatic N) is 3. The third-order valence-electron chi connectivity index (χ3n) is 5.10. The first-order chi connectivity index (χ1) is 13.7. The van der Waals surface area contributed by atoms with E-state index >= 15 is 0 Å². The van der Waals surface area contributed by atoms with Crippen molar-refractivity contribution >= 4 is 11.7 Å². The number of nitrogens with one attached hydrogen (secondary N) is 1. The first kappa shape index (κ1) is 16.6. The molecular weight excluding hydrogens is 360 g/mol. The van der Waals surface area contributed by atoms with Gasteiger partial charge in [-0.3, -0.25) is 14.5 Å². The minimum atomic E-state index is -0.198. The van der Waals surface area contributed by atoms with E-state index in [4.69, 9.17) is 14.2 Å². The fraction of sp³-hybridized carbons (Fsp3) is 0.250. The minimum Gasteiger partial charge on any atom is -0.493 e. The number of rotatable bonds is 3. The number of amides is 1. The molecule has 0 spiro atoms. The summed E-state index contributed by atoms with van der Waals surface area (Å²) in [6.45, 7) is 0.152. The average Bonchev–Trinajstić information content (AvgIpc) is 3.32. The molecular formula is C20H18N4O4. The second kappa shape index (κ2) is 6.26. The molecule has 0 saturated carbocycles. The second-order valence-electron chi connectivity index (χ2n) is 6.74. The minimum absolute atomic E-state index is 0.0603. The SMILES string of the molecule is COc1cc(C2CC(=O)Nc3c2c(-c2cccnc2)nn3C)cc2c1OCO2. The molecule has 5 rings (SSSR count). The zero-order chi connectivity index (χ0) is 19.3. The van der Waals surface area contributed by atoms with Crippen molar-refractivity contribution < 1.29 is 19.0 Å².